The van der Waals surface area contributed by atoms with Crippen LogP contribution in [0.1, 0.15) is 119 Å². The van der Waals surface area contributed by atoms with Crippen LogP contribution in [0.3, 0.4) is 0 Å². The minimum atomic E-state index is -0.925. The molecule has 10 heteroatoms. The maximum absolute atomic E-state index is 14.2. The van der Waals surface area contributed by atoms with Gasteiger partial charge in [0, 0.05) is 12.3 Å². The van der Waals surface area contributed by atoms with Gasteiger partial charge in [-0.1, -0.05) is 96.6 Å². The van der Waals surface area contributed by atoms with E-state index in [9.17, 15) is 19.2 Å². The first-order valence-electron chi connectivity index (χ1n) is 18.4. The van der Waals surface area contributed by atoms with Crippen molar-refractivity contribution >= 4 is 23.9 Å². The number of nitrogens with zero attached hydrogens (tertiary/aromatic N) is 1. The number of carbonyl (C=O) groups is 4. The molecule has 3 rings (SSSR count). The van der Waals surface area contributed by atoms with Crippen LogP contribution in [0, 0.1) is 23.7 Å². The van der Waals surface area contributed by atoms with Crippen molar-refractivity contribution in [1.29, 1.82) is 0 Å². The van der Waals surface area contributed by atoms with E-state index < -0.39 is 53.4 Å². The summed E-state index contributed by atoms with van der Waals surface area (Å²) in [5.74, 6) is -1.52. The molecule has 1 saturated heterocycles. The number of hydrogen-bond donors (Lipinski definition) is 2. The van der Waals surface area contributed by atoms with Crippen molar-refractivity contribution in [2.45, 2.75) is 156 Å². The van der Waals surface area contributed by atoms with Crippen LogP contribution in [0.4, 0.5) is 4.79 Å². The SMILES string of the molecule is CC[C@H](C)[C@H](NC(=O)[C@H](C[C@@H]1OC(C)(C)N(C(=O)OC(C)(C)C)[C@H]1CC1CCCCC1)C(C)C)C(=O)N[C@@H](Cc1ccccc1)C(=O)OC. The lowest BCUT2D eigenvalue weighted by Gasteiger charge is -2.37. The molecule has 0 unspecified atom stereocenters. The van der Waals surface area contributed by atoms with Gasteiger partial charge in [0.25, 0.3) is 0 Å². The van der Waals surface area contributed by atoms with Crippen molar-refractivity contribution in [3.05, 3.63) is 35.9 Å². The molecule has 49 heavy (non-hydrogen) atoms. The van der Waals surface area contributed by atoms with Crippen molar-refractivity contribution in [2.24, 2.45) is 23.7 Å². The molecular formula is C39H63N3O7. The first-order valence-corrected chi connectivity index (χ1v) is 18.4. The van der Waals surface area contributed by atoms with Crippen LogP contribution in [0.5, 0.6) is 0 Å². The van der Waals surface area contributed by atoms with Crippen molar-refractivity contribution < 1.29 is 33.4 Å². The van der Waals surface area contributed by atoms with Crippen LogP contribution in [-0.4, -0.2) is 71.4 Å². The zero-order chi connectivity index (χ0) is 36.5. The van der Waals surface area contributed by atoms with Gasteiger partial charge < -0.3 is 24.8 Å². The fourth-order valence-corrected chi connectivity index (χ4v) is 7.31. The molecule has 6 atom stereocenters. The number of benzene rings is 1. The Morgan fingerprint density at radius 2 is 1.61 bits per heavy atom. The number of amides is 3. The Balaban J connectivity index is 1.85. The van der Waals surface area contributed by atoms with Crippen LogP contribution in [0.2, 0.25) is 0 Å². The van der Waals surface area contributed by atoms with Gasteiger partial charge in [-0.25, -0.2) is 9.59 Å². The molecule has 1 aliphatic heterocycles. The fourth-order valence-electron chi connectivity index (χ4n) is 7.31. The van der Waals surface area contributed by atoms with E-state index in [0.717, 1.165) is 24.8 Å². The third-order valence-electron chi connectivity index (χ3n) is 10.2. The van der Waals surface area contributed by atoms with E-state index in [-0.39, 0.29) is 30.2 Å². The van der Waals surface area contributed by atoms with E-state index in [1.54, 1.807) is 4.90 Å². The predicted molar refractivity (Wildman–Crippen MR) is 190 cm³/mol. The molecule has 1 heterocycles. The van der Waals surface area contributed by atoms with Gasteiger partial charge in [0.2, 0.25) is 11.8 Å². The molecule has 10 nitrogen and oxygen atoms in total. The number of rotatable bonds is 14. The van der Waals surface area contributed by atoms with Crippen LogP contribution in [0.15, 0.2) is 30.3 Å². The van der Waals surface area contributed by atoms with Crippen molar-refractivity contribution in [3.8, 4) is 0 Å². The van der Waals surface area contributed by atoms with Crippen LogP contribution in [-0.2, 0) is 35.0 Å². The van der Waals surface area contributed by atoms with Crippen LogP contribution < -0.4 is 10.6 Å². The molecule has 2 N–H and O–H groups in total. The smallest absolute Gasteiger partial charge is 0.412 e. The van der Waals surface area contributed by atoms with Crippen molar-refractivity contribution in [1.82, 2.24) is 15.5 Å². The first-order chi connectivity index (χ1) is 23.0. The normalized spacial score (nSPS) is 22.1. The van der Waals surface area contributed by atoms with Gasteiger partial charge in [-0.3, -0.25) is 14.5 Å². The topological polar surface area (TPSA) is 123 Å². The van der Waals surface area contributed by atoms with E-state index in [1.165, 1.54) is 26.4 Å². The van der Waals surface area contributed by atoms with Gasteiger partial charge in [0.15, 0.2) is 0 Å². The second-order valence-corrected chi connectivity index (χ2v) is 16.0. The summed E-state index contributed by atoms with van der Waals surface area (Å²) < 4.78 is 17.6. The molecule has 1 aromatic rings. The standard InChI is InChI=1S/C39H63N3O7/c1-11-26(4)33(35(44)40-30(36(45)47-10)22-27-18-14-12-15-19-27)41-34(43)29(25(2)3)24-32-31(23-28-20-16-13-17-21-28)42(39(8,9)48-32)37(46)49-38(5,6)7/h12,14-15,18-19,25-26,28-33H,11,13,16-17,20-24H2,1-10H3,(H,40,44)(H,41,43)/t26-,29+,30-,31-,32-,33-/m0/s1. The van der Waals surface area contributed by atoms with Gasteiger partial charge in [-0.05, 0) is 70.8 Å². The lowest BCUT2D eigenvalue weighted by atomic mass is 9.81. The second-order valence-electron chi connectivity index (χ2n) is 16.0. The highest BCUT2D eigenvalue weighted by atomic mass is 16.6. The number of carbonyl (C=O) groups excluding carboxylic acids is 4. The average Bonchev–Trinajstić information content (AvgIpc) is 3.29. The van der Waals surface area contributed by atoms with E-state index in [0.29, 0.717) is 18.8 Å². The third kappa shape index (κ3) is 11.4. The highest BCUT2D eigenvalue weighted by molar-refractivity contribution is 5.91. The molecule has 1 saturated carbocycles. The molecule has 3 amide bonds. The minimum absolute atomic E-state index is 0.0702. The van der Waals surface area contributed by atoms with E-state index in [2.05, 4.69) is 10.6 Å². The molecule has 0 spiro atoms. The Kier molecular flexibility index (Phi) is 14.5. The Bertz CT molecular complexity index is 1240. The number of methoxy groups -OCH3 is 1. The Hall–Kier alpha value is -3.14. The predicted octanol–water partition coefficient (Wildman–Crippen LogP) is 6.79. The summed E-state index contributed by atoms with van der Waals surface area (Å²) in [6.07, 6.45) is 7.09. The number of nitrogens with one attached hydrogen (secondary N) is 2. The van der Waals surface area contributed by atoms with E-state index in [4.69, 9.17) is 14.2 Å². The molecule has 276 valence electrons. The Morgan fingerprint density at radius 3 is 2.16 bits per heavy atom. The van der Waals surface area contributed by atoms with E-state index >= 15 is 0 Å². The summed E-state index contributed by atoms with van der Waals surface area (Å²) in [6, 6.07) is 7.40. The number of esters is 1. The summed E-state index contributed by atoms with van der Waals surface area (Å²) in [7, 11) is 1.30. The summed E-state index contributed by atoms with van der Waals surface area (Å²) in [5.41, 5.74) is -0.712. The van der Waals surface area contributed by atoms with Crippen LogP contribution >= 0.6 is 0 Å². The zero-order valence-corrected chi connectivity index (χ0v) is 31.7. The average molecular weight is 686 g/mol. The number of hydrogen-bond acceptors (Lipinski definition) is 7. The first kappa shape index (κ1) is 40.3. The summed E-state index contributed by atoms with van der Waals surface area (Å²) in [5, 5.41) is 5.93. The van der Waals surface area contributed by atoms with Crippen LogP contribution in [0.25, 0.3) is 0 Å². The third-order valence-corrected chi connectivity index (χ3v) is 10.2. The highest BCUT2D eigenvalue weighted by Gasteiger charge is 2.52. The monoisotopic (exact) mass is 685 g/mol. The van der Waals surface area contributed by atoms with Gasteiger partial charge in [0.05, 0.1) is 19.3 Å². The largest absolute Gasteiger partial charge is 0.467 e. The molecule has 2 fully saturated rings. The molecule has 0 radical (unpaired) electrons. The summed E-state index contributed by atoms with van der Waals surface area (Å²) in [6.45, 7) is 17.3. The number of ether oxygens (including phenoxy) is 3. The zero-order valence-electron chi connectivity index (χ0n) is 31.7. The summed E-state index contributed by atoms with van der Waals surface area (Å²) >= 11 is 0. The molecule has 0 aromatic heterocycles. The fraction of sp³-hybridized carbons (Fsp3) is 0.744. The maximum atomic E-state index is 14.2. The van der Waals surface area contributed by atoms with E-state index in [1.807, 2.05) is 92.6 Å². The van der Waals surface area contributed by atoms with Crippen molar-refractivity contribution in [3.63, 3.8) is 0 Å². The highest BCUT2D eigenvalue weighted by Crippen LogP contribution is 2.42. The lowest BCUT2D eigenvalue weighted by Crippen LogP contribution is -2.56. The molecule has 1 aromatic carbocycles. The lowest BCUT2D eigenvalue weighted by molar-refractivity contribution is -0.145. The minimum Gasteiger partial charge on any atom is -0.467 e. The Labute approximate surface area is 294 Å². The van der Waals surface area contributed by atoms with Gasteiger partial charge >= 0.3 is 12.1 Å². The maximum Gasteiger partial charge on any atom is 0.412 e. The molecule has 0 bridgehead atoms. The molecule has 2 aliphatic rings. The quantitative estimate of drug-likeness (QED) is 0.207. The molecule has 1 aliphatic carbocycles. The van der Waals surface area contributed by atoms with Gasteiger partial charge in [0.1, 0.15) is 23.4 Å². The van der Waals surface area contributed by atoms with Crippen molar-refractivity contribution in [2.75, 3.05) is 7.11 Å². The second kappa shape index (κ2) is 17.7. The summed E-state index contributed by atoms with van der Waals surface area (Å²) in [4.78, 5) is 56.2. The molecular weight excluding hydrogens is 622 g/mol. The Morgan fingerprint density at radius 1 is 0.980 bits per heavy atom. The van der Waals surface area contributed by atoms with Gasteiger partial charge in [-0.2, -0.15) is 0 Å². The van der Waals surface area contributed by atoms with Gasteiger partial charge in [-0.15, -0.1) is 0 Å².